The fraction of sp³-hybridized carbons (Fsp3) is 0.938. The van der Waals surface area contributed by atoms with E-state index in [2.05, 4.69) is 36.4 Å². The molecule has 0 bridgehead atoms. The summed E-state index contributed by atoms with van der Waals surface area (Å²) in [6, 6.07) is 0.431. The van der Waals surface area contributed by atoms with Gasteiger partial charge in [0.2, 0.25) is 0 Å². The number of nitrogens with zero attached hydrogens (tertiary/aromatic N) is 1. The Balaban J connectivity index is 0.00000400. The lowest BCUT2D eigenvalue weighted by Gasteiger charge is -2.35. The number of hydrogen-bond acceptors (Lipinski definition) is 2. The van der Waals surface area contributed by atoms with Gasteiger partial charge in [0.1, 0.15) is 0 Å². The summed E-state index contributed by atoms with van der Waals surface area (Å²) in [6.45, 7) is 7.89. The molecule has 0 aromatic carbocycles. The molecule has 1 aliphatic rings. The molecule has 1 aliphatic carbocycles. The van der Waals surface area contributed by atoms with Gasteiger partial charge in [-0.15, -0.1) is 24.0 Å². The molecule has 1 fully saturated rings. The number of hydrogen-bond donors (Lipinski definition) is 3. The largest absolute Gasteiger partial charge is 0.388 e. The van der Waals surface area contributed by atoms with Gasteiger partial charge in [-0.05, 0) is 39.5 Å². The summed E-state index contributed by atoms with van der Waals surface area (Å²) >= 11 is 0. The minimum Gasteiger partial charge on any atom is -0.388 e. The van der Waals surface area contributed by atoms with Crippen LogP contribution in [0.25, 0.3) is 0 Å². The minimum atomic E-state index is -0.535. The number of aliphatic imine (C=N–C) groups is 1. The lowest BCUT2D eigenvalue weighted by molar-refractivity contribution is -0.0236. The van der Waals surface area contributed by atoms with Crippen LogP contribution in [-0.4, -0.2) is 35.8 Å². The highest BCUT2D eigenvalue weighted by atomic mass is 127. The first-order valence-corrected chi connectivity index (χ1v) is 8.37. The fourth-order valence-corrected chi connectivity index (χ4v) is 2.47. The highest BCUT2D eigenvalue weighted by Crippen LogP contribution is 2.31. The van der Waals surface area contributed by atoms with E-state index in [0.717, 1.165) is 31.8 Å². The molecular weight excluding hydrogens is 377 g/mol. The Morgan fingerprint density at radius 1 is 1.24 bits per heavy atom. The molecule has 0 saturated heterocycles. The summed E-state index contributed by atoms with van der Waals surface area (Å²) in [6.07, 6.45) is 9.28. The van der Waals surface area contributed by atoms with Crippen molar-refractivity contribution in [1.29, 1.82) is 0 Å². The molecule has 0 heterocycles. The number of halogens is 1. The lowest BCUT2D eigenvalue weighted by atomic mass is 9.80. The van der Waals surface area contributed by atoms with E-state index in [4.69, 9.17) is 0 Å². The van der Waals surface area contributed by atoms with Gasteiger partial charge in [0.15, 0.2) is 5.96 Å². The van der Waals surface area contributed by atoms with Crippen LogP contribution in [0.2, 0.25) is 0 Å². The maximum absolute atomic E-state index is 10.1. The number of unbranched alkanes of at least 4 members (excludes halogenated alkanes) is 3. The van der Waals surface area contributed by atoms with Gasteiger partial charge < -0.3 is 15.7 Å². The highest BCUT2D eigenvalue weighted by Gasteiger charge is 2.34. The zero-order chi connectivity index (χ0) is 14.8. The van der Waals surface area contributed by atoms with Crippen molar-refractivity contribution in [1.82, 2.24) is 10.6 Å². The minimum absolute atomic E-state index is 0. The average molecular weight is 411 g/mol. The van der Waals surface area contributed by atoms with E-state index in [-0.39, 0.29) is 24.0 Å². The van der Waals surface area contributed by atoms with Crippen LogP contribution in [0.1, 0.15) is 72.1 Å². The van der Waals surface area contributed by atoms with Crippen LogP contribution in [0.4, 0.5) is 0 Å². The second kappa shape index (κ2) is 11.5. The third kappa shape index (κ3) is 8.86. The maximum Gasteiger partial charge on any atom is 0.191 e. The first-order chi connectivity index (χ1) is 9.59. The van der Waals surface area contributed by atoms with E-state index in [1.54, 1.807) is 0 Å². The third-order valence-electron chi connectivity index (χ3n) is 4.03. The Labute approximate surface area is 147 Å². The van der Waals surface area contributed by atoms with Gasteiger partial charge in [0.25, 0.3) is 0 Å². The summed E-state index contributed by atoms with van der Waals surface area (Å²) in [5, 5.41) is 16.8. The molecule has 0 aromatic heterocycles. The van der Waals surface area contributed by atoms with E-state index in [1.165, 1.54) is 32.1 Å². The van der Waals surface area contributed by atoms with E-state index in [0.29, 0.717) is 12.6 Å². The number of guanidine groups is 1. The van der Waals surface area contributed by atoms with Gasteiger partial charge in [-0.3, -0.25) is 4.99 Å². The summed E-state index contributed by atoms with van der Waals surface area (Å²) in [7, 11) is 0. The zero-order valence-corrected chi connectivity index (χ0v) is 16.3. The van der Waals surface area contributed by atoms with Crippen molar-refractivity contribution in [2.24, 2.45) is 4.99 Å². The van der Waals surface area contributed by atoms with Crippen LogP contribution in [0.15, 0.2) is 4.99 Å². The molecule has 1 saturated carbocycles. The number of rotatable bonds is 9. The predicted octanol–water partition coefficient (Wildman–Crippen LogP) is 3.43. The van der Waals surface area contributed by atoms with E-state index in [9.17, 15) is 5.11 Å². The Kier molecular flexibility index (Phi) is 11.5. The number of aliphatic hydroxyl groups is 1. The summed E-state index contributed by atoms with van der Waals surface area (Å²) < 4.78 is 0. The van der Waals surface area contributed by atoms with Crippen LogP contribution in [0.3, 0.4) is 0 Å². The van der Waals surface area contributed by atoms with Crippen molar-refractivity contribution < 1.29 is 5.11 Å². The van der Waals surface area contributed by atoms with Gasteiger partial charge in [-0.1, -0.05) is 32.6 Å². The van der Waals surface area contributed by atoms with Gasteiger partial charge in [0, 0.05) is 12.6 Å². The highest BCUT2D eigenvalue weighted by molar-refractivity contribution is 14.0. The van der Waals surface area contributed by atoms with Crippen LogP contribution >= 0.6 is 24.0 Å². The summed E-state index contributed by atoms with van der Waals surface area (Å²) in [4.78, 5) is 4.54. The van der Waals surface area contributed by atoms with Crippen molar-refractivity contribution in [2.45, 2.75) is 83.8 Å². The summed E-state index contributed by atoms with van der Waals surface area (Å²) in [5.74, 6) is 0.843. The molecule has 21 heavy (non-hydrogen) atoms. The Hall–Kier alpha value is -0.0400. The Morgan fingerprint density at radius 3 is 2.48 bits per heavy atom. The zero-order valence-electron chi connectivity index (χ0n) is 14.0. The van der Waals surface area contributed by atoms with Crippen LogP contribution in [-0.2, 0) is 0 Å². The molecule has 4 nitrogen and oxygen atoms in total. The van der Waals surface area contributed by atoms with E-state index >= 15 is 0 Å². The van der Waals surface area contributed by atoms with Gasteiger partial charge >= 0.3 is 0 Å². The van der Waals surface area contributed by atoms with Crippen molar-refractivity contribution in [2.75, 3.05) is 13.1 Å². The molecular formula is C16H34IN3O. The molecule has 0 spiro atoms. The number of nitrogens with one attached hydrogen (secondary N) is 2. The normalized spacial score (nSPS) is 18.4. The maximum atomic E-state index is 10.1. The van der Waals surface area contributed by atoms with Crippen molar-refractivity contribution >= 4 is 29.9 Å². The standard InChI is InChI=1S/C16H33N3O.HI/c1-4-6-7-8-10-14(3)19-15(17-5-2)18-13-16(20)11-9-12-16;/h14,20H,4-13H2,1-3H3,(H2,17,18,19);1H. The Bertz CT molecular complexity index is 293. The average Bonchev–Trinajstić information content (AvgIpc) is 2.39. The van der Waals surface area contributed by atoms with Crippen molar-refractivity contribution in [3.05, 3.63) is 0 Å². The first kappa shape index (κ1) is 21.0. The molecule has 1 rings (SSSR count). The van der Waals surface area contributed by atoms with Crippen LogP contribution in [0.5, 0.6) is 0 Å². The second-order valence-corrected chi connectivity index (χ2v) is 6.17. The molecule has 126 valence electrons. The molecule has 0 aliphatic heterocycles. The van der Waals surface area contributed by atoms with Crippen molar-refractivity contribution in [3.63, 3.8) is 0 Å². The molecule has 5 heteroatoms. The smallest absolute Gasteiger partial charge is 0.191 e. The summed E-state index contributed by atoms with van der Waals surface area (Å²) in [5.41, 5.74) is -0.535. The molecule has 0 amide bonds. The molecule has 1 unspecified atom stereocenters. The molecule has 0 aromatic rings. The van der Waals surface area contributed by atoms with E-state index < -0.39 is 5.60 Å². The fourth-order valence-electron chi connectivity index (χ4n) is 2.47. The molecule has 3 N–H and O–H groups in total. The Morgan fingerprint density at radius 2 is 1.95 bits per heavy atom. The third-order valence-corrected chi connectivity index (χ3v) is 4.03. The monoisotopic (exact) mass is 411 g/mol. The predicted molar refractivity (Wildman–Crippen MR) is 102 cm³/mol. The van der Waals surface area contributed by atoms with Crippen LogP contribution < -0.4 is 10.6 Å². The quantitative estimate of drug-likeness (QED) is 0.236. The first-order valence-electron chi connectivity index (χ1n) is 8.37. The lowest BCUT2D eigenvalue weighted by Crippen LogP contribution is -2.45. The van der Waals surface area contributed by atoms with Gasteiger partial charge in [-0.25, -0.2) is 0 Å². The second-order valence-electron chi connectivity index (χ2n) is 6.17. The molecule has 1 atom stereocenters. The van der Waals surface area contributed by atoms with E-state index in [1.807, 2.05) is 0 Å². The van der Waals surface area contributed by atoms with Crippen LogP contribution in [0, 0.1) is 0 Å². The van der Waals surface area contributed by atoms with Gasteiger partial charge in [-0.2, -0.15) is 0 Å². The molecule has 0 radical (unpaired) electrons. The SMILES string of the molecule is CCCCCCC(C)NC(=NCC1(O)CCC1)NCC.I. The van der Waals surface area contributed by atoms with Crippen molar-refractivity contribution in [3.8, 4) is 0 Å². The topological polar surface area (TPSA) is 56.7 Å². The van der Waals surface area contributed by atoms with Gasteiger partial charge in [0.05, 0.1) is 12.1 Å².